The molecule has 1 amide bonds. The van der Waals surface area contributed by atoms with Crippen LogP contribution in [0.3, 0.4) is 0 Å². The Kier molecular flexibility index (Phi) is 4.73. The predicted octanol–water partition coefficient (Wildman–Crippen LogP) is 0.994. The van der Waals surface area contributed by atoms with E-state index in [4.69, 9.17) is 14.2 Å². The van der Waals surface area contributed by atoms with E-state index in [1.165, 1.54) is 18.4 Å². The monoisotopic (exact) mass is 286 g/mol. The molecule has 1 aromatic rings. The first kappa shape index (κ1) is 14.2. The van der Waals surface area contributed by atoms with Gasteiger partial charge >= 0.3 is 0 Å². The molecule has 0 bridgehead atoms. The zero-order valence-corrected chi connectivity index (χ0v) is 12.1. The first-order chi connectivity index (χ1) is 9.15. The highest BCUT2D eigenvalue weighted by atomic mass is 32.1. The van der Waals surface area contributed by atoms with Gasteiger partial charge in [-0.2, -0.15) is 0 Å². The van der Waals surface area contributed by atoms with Gasteiger partial charge < -0.3 is 19.5 Å². The van der Waals surface area contributed by atoms with Crippen LogP contribution in [-0.4, -0.2) is 50.0 Å². The number of hydrogen-bond acceptors (Lipinski definition) is 6. The number of amides is 1. The molecule has 2 heterocycles. The molecule has 1 fully saturated rings. The van der Waals surface area contributed by atoms with Gasteiger partial charge in [0.25, 0.3) is 11.1 Å². The van der Waals surface area contributed by atoms with Crippen molar-refractivity contribution in [2.45, 2.75) is 26.0 Å². The van der Waals surface area contributed by atoms with Crippen molar-refractivity contribution in [2.24, 2.45) is 0 Å². The van der Waals surface area contributed by atoms with E-state index in [2.05, 4.69) is 10.3 Å². The lowest BCUT2D eigenvalue weighted by atomic mass is 10.2. The summed E-state index contributed by atoms with van der Waals surface area (Å²) in [5.41, 5.74) is 0.672. The molecule has 0 unspecified atom stereocenters. The zero-order chi connectivity index (χ0) is 13.8. The lowest BCUT2D eigenvalue weighted by Crippen LogP contribution is -2.43. The Bertz CT molecular complexity index is 449. The smallest absolute Gasteiger partial charge is 0.273 e. The van der Waals surface area contributed by atoms with E-state index in [0.29, 0.717) is 35.6 Å². The highest BCUT2D eigenvalue weighted by molar-refractivity contribution is 7.15. The zero-order valence-electron chi connectivity index (χ0n) is 11.3. The number of thiazole rings is 1. The maximum Gasteiger partial charge on any atom is 0.273 e. The first-order valence-corrected chi connectivity index (χ1v) is 6.99. The van der Waals surface area contributed by atoms with Gasteiger partial charge in [-0.15, -0.1) is 0 Å². The summed E-state index contributed by atoms with van der Waals surface area (Å²) in [6.45, 7) is 5.32. The van der Waals surface area contributed by atoms with E-state index in [1.807, 2.05) is 6.92 Å². The normalized spacial score (nSPS) is 22.5. The van der Waals surface area contributed by atoms with E-state index in [-0.39, 0.29) is 18.1 Å². The van der Waals surface area contributed by atoms with Crippen LogP contribution < -0.4 is 10.1 Å². The number of rotatable bonds is 5. The van der Waals surface area contributed by atoms with Crippen molar-refractivity contribution in [3.05, 3.63) is 10.6 Å². The number of methoxy groups -OCH3 is 1. The van der Waals surface area contributed by atoms with Gasteiger partial charge in [0, 0.05) is 6.61 Å². The number of hydrogen-bond donors (Lipinski definition) is 1. The second-order valence-electron chi connectivity index (χ2n) is 4.21. The number of carbonyl (C=O) groups is 1. The first-order valence-electron chi connectivity index (χ1n) is 6.17. The quantitative estimate of drug-likeness (QED) is 0.874. The molecule has 1 N–H and O–H groups in total. The second kappa shape index (κ2) is 6.31. The van der Waals surface area contributed by atoms with Crippen molar-refractivity contribution in [2.75, 3.05) is 26.9 Å². The van der Waals surface area contributed by atoms with Gasteiger partial charge in [-0.25, -0.2) is 4.98 Å². The lowest BCUT2D eigenvalue weighted by Gasteiger charge is -2.18. The Balaban J connectivity index is 2.01. The van der Waals surface area contributed by atoms with Crippen LogP contribution in [0.2, 0.25) is 0 Å². The van der Waals surface area contributed by atoms with Gasteiger partial charge in [0.1, 0.15) is 11.0 Å². The van der Waals surface area contributed by atoms with Crippen molar-refractivity contribution in [3.63, 3.8) is 0 Å². The third-order valence-electron chi connectivity index (χ3n) is 2.88. The highest BCUT2D eigenvalue weighted by Crippen LogP contribution is 2.24. The third kappa shape index (κ3) is 3.23. The van der Waals surface area contributed by atoms with Crippen LogP contribution in [-0.2, 0) is 9.47 Å². The molecule has 0 aliphatic carbocycles. The van der Waals surface area contributed by atoms with Gasteiger partial charge in [-0.1, -0.05) is 11.3 Å². The number of carbonyl (C=O) groups excluding carboxylic acids is 1. The Labute approximate surface area is 116 Å². The van der Waals surface area contributed by atoms with Crippen LogP contribution in [0.5, 0.6) is 5.19 Å². The number of nitrogens with zero attached hydrogens (tertiary/aromatic N) is 1. The van der Waals surface area contributed by atoms with E-state index >= 15 is 0 Å². The molecule has 2 atom stereocenters. The van der Waals surface area contributed by atoms with Gasteiger partial charge in [-0.3, -0.25) is 4.79 Å². The summed E-state index contributed by atoms with van der Waals surface area (Å²) in [7, 11) is 1.54. The molecule has 1 saturated heterocycles. The van der Waals surface area contributed by atoms with Gasteiger partial charge in [-0.05, 0) is 13.8 Å². The minimum Gasteiger partial charge on any atom is -0.473 e. The number of aromatic nitrogens is 1. The summed E-state index contributed by atoms with van der Waals surface area (Å²) in [6, 6.07) is -0.111. The number of nitrogens with one attached hydrogen (secondary N) is 1. The van der Waals surface area contributed by atoms with E-state index in [1.54, 1.807) is 6.92 Å². The number of ether oxygens (including phenoxy) is 3. The molecular weight excluding hydrogens is 268 g/mol. The SMILES string of the molecule is CCO[C@H]1COC[C@@H]1NC(=O)c1sc(OC)nc1C. The fourth-order valence-electron chi connectivity index (χ4n) is 1.95. The Morgan fingerprint density at radius 3 is 3.00 bits per heavy atom. The van der Waals surface area contributed by atoms with Gasteiger partial charge in [0.15, 0.2) is 0 Å². The largest absolute Gasteiger partial charge is 0.473 e. The number of aryl methyl sites for hydroxylation is 1. The van der Waals surface area contributed by atoms with Gasteiger partial charge in [0.2, 0.25) is 0 Å². The maximum atomic E-state index is 12.2. The fraction of sp³-hybridized carbons (Fsp3) is 0.667. The molecule has 0 saturated carbocycles. The van der Waals surface area contributed by atoms with Crippen molar-refractivity contribution in [1.82, 2.24) is 10.3 Å². The molecule has 106 valence electrons. The topological polar surface area (TPSA) is 69.7 Å². The van der Waals surface area contributed by atoms with Crippen molar-refractivity contribution in [1.29, 1.82) is 0 Å². The Morgan fingerprint density at radius 2 is 2.37 bits per heavy atom. The van der Waals surface area contributed by atoms with Crippen molar-refractivity contribution < 1.29 is 19.0 Å². The molecule has 0 aromatic carbocycles. The molecule has 1 aromatic heterocycles. The van der Waals surface area contributed by atoms with E-state index < -0.39 is 0 Å². The molecule has 19 heavy (non-hydrogen) atoms. The molecule has 0 spiro atoms. The molecule has 1 aliphatic rings. The van der Waals surface area contributed by atoms with Crippen LogP contribution in [0.4, 0.5) is 0 Å². The van der Waals surface area contributed by atoms with Crippen molar-refractivity contribution >= 4 is 17.2 Å². The highest BCUT2D eigenvalue weighted by Gasteiger charge is 2.31. The lowest BCUT2D eigenvalue weighted by molar-refractivity contribution is 0.0403. The van der Waals surface area contributed by atoms with E-state index in [0.717, 1.165) is 0 Å². The summed E-state index contributed by atoms with van der Waals surface area (Å²) >= 11 is 1.24. The van der Waals surface area contributed by atoms with Crippen molar-refractivity contribution in [3.8, 4) is 5.19 Å². The molecule has 1 aliphatic heterocycles. The summed E-state index contributed by atoms with van der Waals surface area (Å²) in [5, 5.41) is 3.43. The minimum atomic E-state index is -0.154. The average Bonchev–Trinajstić information content (AvgIpc) is 2.97. The molecule has 7 heteroatoms. The molecule has 2 rings (SSSR count). The fourth-order valence-corrected chi connectivity index (χ4v) is 2.74. The van der Waals surface area contributed by atoms with Crippen LogP contribution in [0.15, 0.2) is 0 Å². The summed E-state index contributed by atoms with van der Waals surface area (Å²) < 4.78 is 15.9. The van der Waals surface area contributed by atoms with Gasteiger partial charge in [0.05, 0.1) is 32.1 Å². The third-order valence-corrected chi connectivity index (χ3v) is 4.00. The van der Waals surface area contributed by atoms with E-state index in [9.17, 15) is 4.79 Å². The van der Waals surface area contributed by atoms with Crippen LogP contribution in [0, 0.1) is 6.92 Å². The Hall–Kier alpha value is -1.18. The van der Waals surface area contributed by atoms with Crippen LogP contribution in [0.25, 0.3) is 0 Å². The van der Waals surface area contributed by atoms with Crippen LogP contribution in [0.1, 0.15) is 22.3 Å². The summed E-state index contributed by atoms with van der Waals surface area (Å²) in [5.74, 6) is -0.154. The summed E-state index contributed by atoms with van der Waals surface area (Å²) in [6.07, 6.45) is -0.0796. The van der Waals surface area contributed by atoms with Crippen LogP contribution >= 0.6 is 11.3 Å². The average molecular weight is 286 g/mol. The maximum absolute atomic E-state index is 12.2. The minimum absolute atomic E-state index is 0.0796. The predicted molar refractivity (Wildman–Crippen MR) is 70.9 cm³/mol. The standard InChI is InChI=1S/C12H18N2O4S/c1-4-18-9-6-17-5-8(9)14-11(15)10-7(2)13-12(16-3)19-10/h8-9H,4-6H2,1-3H3,(H,14,15)/t8-,9-/m0/s1. The summed E-state index contributed by atoms with van der Waals surface area (Å²) in [4.78, 5) is 16.9. The molecule has 0 radical (unpaired) electrons. The Morgan fingerprint density at radius 1 is 1.58 bits per heavy atom. The second-order valence-corrected chi connectivity index (χ2v) is 5.17. The molecule has 6 nitrogen and oxygen atoms in total. The molecular formula is C12H18N2O4S.